The van der Waals surface area contributed by atoms with Gasteiger partial charge in [0.1, 0.15) is 22.9 Å². The van der Waals surface area contributed by atoms with Crippen LogP contribution in [0.4, 0.5) is 22.0 Å². The number of hydrogen-bond donors (Lipinski definition) is 1. The molecule has 1 fully saturated rings. The topological polar surface area (TPSA) is 70.1 Å². The highest BCUT2D eigenvalue weighted by atomic mass is 19.4. The maximum Gasteiger partial charge on any atom is 0.490 e. The Bertz CT molecular complexity index is 704. The number of aliphatic carboxylic acids is 1. The number of methoxy groups -OCH3 is 1. The number of carboxylic acid groups (broad SMARTS) is 1. The summed E-state index contributed by atoms with van der Waals surface area (Å²) in [6, 6.07) is 2.28. The summed E-state index contributed by atoms with van der Waals surface area (Å²) in [4.78, 5) is 24.8. The van der Waals surface area contributed by atoms with Crippen molar-refractivity contribution in [3.05, 3.63) is 29.3 Å². The van der Waals surface area contributed by atoms with E-state index in [9.17, 15) is 26.7 Å². The maximum absolute atomic E-state index is 14.0. The van der Waals surface area contributed by atoms with Gasteiger partial charge in [0, 0.05) is 31.8 Å². The van der Waals surface area contributed by atoms with Crippen LogP contribution in [0.25, 0.3) is 0 Å². The summed E-state index contributed by atoms with van der Waals surface area (Å²) in [6.07, 6.45) is -1.84. The number of amides is 1. The first-order valence-electron chi connectivity index (χ1n) is 8.67. The molecule has 1 heterocycles. The molecule has 2 rings (SSSR count). The third-order valence-corrected chi connectivity index (χ3v) is 4.46. The largest absolute Gasteiger partial charge is 0.497 e. The molecule has 6 nitrogen and oxygen atoms in total. The van der Waals surface area contributed by atoms with Crippen LogP contribution >= 0.6 is 0 Å². The van der Waals surface area contributed by atoms with Crippen molar-refractivity contribution in [1.29, 1.82) is 0 Å². The van der Waals surface area contributed by atoms with Gasteiger partial charge in [0.2, 0.25) is 0 Å². The van der Waals surface area contributed by atoms with Crippen LogP contribution in [0, 0.1) is 11.6 Å². The Hall–Kier alpha value is -2.43. The number of carboxylic acids is 1. The van der Waals surface area contributed by atoms with Gasteiger partial charge in [-0.3, -0.25) is 4.79 Å². The van der Waals surface area contributed by atoms with E-state index < -0.39 is 35.3 Å². The van der Waals surface area contributed by atoms with E-state index in [-0.39, 0.29) is 11.8 Å². The summed E-state index contributed by atoms with van der Waals surface area (Å²) in [5.41, 5.74) is -0.526. The number of halogens is 5. The number of benzene rings is 1. The van der Waals surface area contributed by atoms with Crippen LogP contribution in [0.1, 0.15) is 29.6 Å². The third-order valence-electron chi connectivity index (χ3n) is 4.46. The second-order valence-electron chi connectivity index (χ2n) is 6.58. The van der Waals surface area contributed by atoms with Crippen LogP contribution in [-0.4, -0.2) is 73.3 Å². The number of carbonyl (C=O) groups is 2. The molecule has 1 unspecified atom stereocenters. The lowest BCUT2D eigenvalue weighted by molar-refractivity contribution is -0.192. The number of alkyl halides is 3. The van der Waals surface area contributed by atoms with Crippen molar-refractivity contribution in [3.8, 4) is 5.75 Å². The fraction of sp³-hybridized carbons (Fsp3) is 0.556. The number of rotatable bonds is 4. The zero-order chi connectivity index (χ0) is 22.4. The number of hydrogen-bond acceptors (Lipinski definition) is 4. The van der Waals surface area contributed by atoms with Crippen molar-refractivity contribution in [2.75, 3.05) is 34.3 Å². The molecule has 1 amide bonds. The van der Waals surface area contributed by atoms with Gasteiger partial charge >= 0.3 is 12.1 Å². The van der Waals surface area contributed by atoms with Gasteiger partial charge in [0.15, 0.2) is 0 Å². The lowest BCUT2D eigenvalue weighted by Gasteiger charge is -2.35. The lowest BCUT2D eigenvalue weighted by atomic mass is 10.0. The van der Waals surface area contributed by atoms with Crippen LogP contribution in [-0.2, 0) is 4.79 Å². The first kappa shape index (κ1) is 24.6. The van der Waals surface area contributed by atoms with Crippen LogP contribution in [0.5, 0.6) is 5.75 Å². The molecule has 1 saturated heterocycles. The Kier molecular flexibility index (Phi) is 8.80. The van der Waals surface area contributed by atoms with E-state index in [0.717, 1.165) is 37.9 Å². The summed E-state index contributed by atoms with van der Waals surface area (Å²) < 4.78 is 64.5. The Labute approximate surface area is 164 Å². The number of likely N-dealkylation sites (tertiary alicyclic amines) is 1. The minimum Gasteiger partial charge on any atom is -0.497 e. The molecule has 1 aliphatic rings. The Balaban J connectivity index is 0.000000516. The summed E-state index contributed by atoms with van der Waals surface area (Å²) in [7, 11) is 4.91. The Morgan fingerprint density at radius 1 is 1.24 bits per heavy atom. The summed E-state index contributed by atoms with van der Waals surface area (Å²) in [5.74, 6) is -5.14. The number of nitrogens with zero attached hydrogens (tertiary/aromatic N) is 2. The van der Waals surface area contributed by atoms with Crippen molar-refractivity contribution in [2.45, 2.75) is 31.5 Å². The molecule has 164 valence electrons. The van der Waals surface area contributed by atoms with Crippen LogP contribution in [0.2, 0.25) is 0 Å². The number of carbonyl (C=O) groups excluding carboxylic acids is 1. The first-order valence-corrected chi connectivity index (χ1v) is 8.67. The van der Waals surface area contributed by atoms with Crippen molar-refractivity contribution < 1.29 is 41.4 Å². The molecule has 11 heteroatoms. The van der Waals surface area contributed by atoms with Gasteiger partial charge in [-0.05, 0) is 26.4 Å². The quantitative estimate of drug-likeness (QED) is 0.750. The maximum atomic E-state index is 14.0. The second-order valence-corrected chi connectivity index (χ2v) is 6.58. The smallest absolute Gasteiger partial charge is 0.490 e. The fourth-order valence-corrected chi connectivity index (χ4v) is 2.84. The summed E-state index contributed by atoms with van der Waals surface area (Å²) in [6.45, 7) is 1.44. The van der Waals surface area contributed by atoms with Gasteiger partial charge in [0.05, 0.1) is 7.11 Å². The van der Waals surface area contributed by atoms with Gasteiger partial charge in [-0.2, -0.15) is 13.2 Å². The molecule has 1 N–H and O–H groups in total. The van der Waals surface area contributed by atoms with E-state index in [4.69, 9.17) is 14.6 Å². The van der Waals surface area contributed by atoms with Gasteiger partial charge < -0.3 is 19.6 Å². The van der Waals surface area contributed by atoms with Crippen molar-refractivity contribution in [2.24, 2.45) is 0 Å². The highest BCUT2D eigenvalue weighted by Crippen LogP contribution is 2.22. The molecule has 29 heavy (non-hydrogen) atoms. The molecule has 0 bridgehead atoms. The van der Waals surface area contributed by atoms with Gasteiger partial charge in [-0.25, -0.2) is 13.6 Å². The molecule has 0 radical (unpaired) electrons. The van der Waals surface area contributed by atoms with Crippen LogP contribution < -0.4 is 4.74 Å². The zero-order valence-electron chi connectivity index (χ0n) is 16.2. The van der Waals surface area contributed by atoms with E-state index in [2.05, 4.69) is 4.90 Å². The van der Waals surface area contributed by atoms with E-state index >= 15 is 0 Å². The minimum absolute atomic E-state index is 0.0567. The highest BCUT2D eigenvalue weighted by Gasteiger charge is 2.38. The van der Waals surface area contributed by atoms with Crippen LogP contribution in [0.15, 0.2) is 12.1 Å². The lowest BCUT2D eigenvalue weighted by Crippen LogP contribution is -2.45. The average molecular weight is 426 g/mol. The van der Waals surface area contributed by atoms with Crippen molar-refractivity contribution >= 4 is 11.9 Å². The van der Waals surface area contributed by atoms with E-state index in [1.807, 2.05) is 7.05 Å². The molecule has 0 spiro atoms. The van der Waals surface area contributed by atoms with Crippen molar-refractivity contribution in [1.82, 2.24) is 9.80 Å². The summed E-state index contributed by atoms with van der Waals surface area (Å²) >= 11 is 0. The predicted molar refractivity (Wildman–Crippen MR) is 93.8 cm³/mol. The van der Waals surface area contributed by atoms with Crippen LogP contribution in [0.3, 0.4) is 0 Å². The number of piperidine rings is 1. The molecule has 0 aliphatic carbocycles. The van der Waals surface area contributed by atoms with Gasteiger partial charge in [0.25, 0.3) is 5.91 Å². The zero-order valence-corrected chi connectivity index (χ0v) is 16.2. The number of ether oxygens (including phenoxy) is 1. The second kappa shape index (κ2) is 10.4. The normalized spacial score (nSPS) is 17.2. The minimum atomic E-state index is -5.08. The SMILES string of the molecule is COc1cc(F)c(C(=O)N(C)CC2CCCCN2C)c(F)c1.O=C(O)C(F)(F)F. The van der Waals surface area contributed by atoms with Gasteiger partial charge in [-0.1, -0.05) is 6.42 Å². The molecule has 0 aromatic heterocycles. The summed E-state index contributed by atoms with van der Waals surface area (Å²) in [5, 5.41) is 7.12. The third kappa shape index (κ3) is 7.15. The molecule has 1 atom stereocenters. The fourth-order valence-electron chi connectivity index (χ4n) is 2.84. The first-order chi connectivity index (χ1) is 13.4. The van der Waals surface area contributed by atoms with Gasteiger partial charge in [-0.15, -0.1) is 0 Å². The predicted octanol–water partition coefficient (Wildman–Crippen LogP) is 3.16. The molecule has 0 saturated carbocycles. The molecular formula is C18H23F5N2O4. The Morgan fingerprint density at radius 3 is 2.17 bits per heavy atom. The monoisotopic (exact) mass is 426 g/mol. The Morgan fingerprint density at radius 2 is 1.76 bits per heavy atom. The number of likely N-dealkylation sites (N-methyl/N-ethyl adjacent to an activating group) is 2. The van der Waals surface area contributed by atoms with Crippen molar-refractivity contribution in [3.63, 3.8) is 0 Å². The average Bonchev–Trinajstić information content (AvgIpc) is 2.62. The molecule has 1 aromatic carbocycles. The molecule has 1 aliphatic heterocycles. The highest BCUT2D eigenvalue weighted by molar-refractivity contribution is 5.94. The van der Waals surface area contributed by atoms with E-state index in [1.54, 1.807) is 7.05 Å². The van der Waals surface area contributed by atoms with E-state index in [1.165, 1.54) is 12.0 Å². The standard InChI is InChI=1S/C16H22F2N2O2.C2HF3O2/c1-19-7-5-4-6-11(19)10-20(2)16(21)15-13(17)8-12(22-3)9-14(15)18;3-2(4,5)1(6)7/h8-9,11H,4-7,10H2,1-3H3;(H,6,7). The van der Waals surface area contributed by atoms with E-state index in [0.29, 0.717) is 6.54 Å². The molecular weight excluding hydrogens is 403 g/mol. The molecule has 1 aromatic rings.